The number of hydrogen-bond donors (Lipinski definition) is 3. The molecule has 21 heavy (non-hydrogen) atoms. The molecule has 0 fully saturated rings. The Morgan fingerprint density at radius 3 is 2.95 bits per heavy atom. The van der Waals surface area contributed by atoms with Gasteiger partial charge in [-0.05, 0) is 12.6 Å². The van der Waals surface area contributed by atoms with E-state index >= 15 is 0 Å². The third kappa shape index (κ3) is 4.07. The monoisotopic (exact) mass is 309 g/mol. The van der Waals surface area contributed by atoms with Gasteiger partial charge in [0, 0.05) is 23.9 Å². The number of carbonyl (C=O) groups is 1. The lowest BCUT2D eigenvalue weighted by Gasteiger charge is -2.12. The van der Waals surface area contributed by atoms with Gasteiger partial charge in [0.15, 0.2) is 0 Å². The normalized spacial score (nSPS) is 12.1. The lowest BCUT2D eigenvalue weighted by atomic mass is 10.1. The summed E-state index contributed by atoms with van der Waals surface area (Å²) in [6, 6.07) is 5.91. The van der Waals surface area contributed by atoms with Crippen molar-refractivity contribution in [2.24, 2.45) is 5.73 Å². The summed E-state index contributed by atoms with van der Waals surface area (Å²) in [6.45, 7) is 0.393. The number of hydrogen-bond acceptors (Lipinski definition) is 5. The van der Waals surface area contributed by atoms with E-state index < -0.39 is 17.8 Å². The summed E-state index contributed by atoms with van der Waals surface area (Å²) in [7, 11) is 0. The molecule has 1 aromatic carbocycles. The minimum atomic E-state index is -1.10. The van der Waals surface area contributed by atoms with Crippen molar-refractivity contribution in [3.8, 4) is 0 Å². The molecule has 0 aliphatic heterocycles. The van der Waals surface area contributed by atoms with Gasteiger partial charge in [0.25, 0.3) is 5.91 Å². The second kappa shape index (κ2) is 7.26. The zero-order valence-corrected chi connectivity index (χ0v) is 12.1. The van der Waals surface area contributed by atoms with Crippen molar-refractivity contribution < 1.29 is 14.3 Å². The van der Waals surface area contributed by atoms with Gasteiger partial charge < -0.3 is 16.2 Å². The minimum absolute atomic E-state index is 0.0798. The second-order valence-corrected chi connectivity index (χ2v) is 5.36. The maximum absolute atomic E-state index is 13.5. The minimum Gasteiger partial charge on any atom is -0.386 e. The van der Waals surface area contributed by atoms with Gasteiger partial charge in [0.1, 0.15) is 11.5 Å². The molecule has 0 saturated heterocycles. The number of nitrogens with one attached hydrogen (secondary N) is 1. The number of amides is 1. The molecule has 0 bridgehead atoms. The molecule has 1 amide bonds. The van der Waals surface area contributed by atoms with Crippen molar-refractivity contribution in [1.29, 1.82) is 0 Å². The van der Waals surface area contributed by atoms with E-state index in [0.717, 1.165) is 5.01 Å². The second-order valence-electron chi connectivity index (χ2n) is 4.41. The Balaban J connectivity index is 1.92. The highest BCUT2D eigenvalue weighted by atomic mass is 32.1. The van der Waals surface area contributed by atoms with Crippen LogP contribution in [0.5, 0.6) is 0 Å². The van der Waals surface area contributed by atoms with Gasteiger partial charge in [-0.3, -0.25) is 4.79 Å². The highest BCUT2D eigenvalue weighted by Gasteiger charge is 2.15. The molecule has 0 radical (unpaired) electrons. The average Bonchev–Trinajstić information content (AvgIpc) is 2.94. The standard InChI is InChI=1S/C14H16FN3O2S/c15-10-4-2-1-3-9(10)12(19)7-17-14(20)11-8-21-13(18-11)5-6-16/h1-4,8,12,19H,5-7,16H2,(H,17,20). The van der Waals surface area contributed by atoms with Crippen LogP contribution in [-0.4, -0.2) is 29.1 Å². The van der Waals surface area contributed by atoms with Crippen LogP contribution in [0.2, 0.25) is 0 Å². The van der Waals surface area contributed by atoms with Gasteiger partial charge in [0.2, 0.25) is 0 Å². The van der Waals surface area contributed by atoms with Crippen molar-refractivity contribution in [3.63, 3.8) is 0 Å². The van der Waals surface area contributed by atoms with E-state index in [0.29, 0.717) is 13.0 Å². The van der Waals surface area contributed by atoms with Crippen LogP contribution in [0, 0.1) is 5.82 Å². The molecule has 4 N–H and O–H groups in total. The Morgan fingerprint density at radius 2 is 2.24 bits per heavy atom. The maximum atomic E-state index is 13.5. The molecule has 2 aromatic rings. The number of thiazole rings is 1. The topological polar surface area (TPSA) is 88.2 Å². The zero-order chi connectivity index (χ0) is 15.2. The predicted molar refractivity (Wildman–Crippen MR) is 78.6 cm³/mol. The van der Waals surface area contributed by atoms with E-state index in [9.17, 15) is 14.3 Å². The van der Waals surface area contributed by atoms with Crippen molar-refractivity contribution in [3.05, 3.63) is 51.7 Å². The van der Waals surface area contributed by atoms with Gasteiger partial charge in [-0.2, -0.15) is 0 Å². The maximum Gasteiger partial charge on any atom is 0.270 e. The first-order chi connectivity index (χ1) is 10.1. The molecule has 0 saturated carbocycles. The van der Waals surface area contributed by atoms with Gasteiger partial charge in [-0.25, -0.2) is 9.37 Å². The molecule has 1 unspecified atom stereocenters. The number of halogens is 1. The summed E-state index contributed by atoms with van der Waals surface area (Å²) in [5, 5.41) is 14.9. The van der Waals surface area contributed by atoms with Crippen LogP contribution in [0.1, 0.15) is 27.2 Å². The Kier molecular flexibility index (Phi) is 5.38. The summed E-state index contributed by atoms with van der Waals surface area (Å²) < 4.78 is 13.5. The summed E-state index contributed by atoms with van der Waals surface area (Å²) in [5.41, 5.74) is 5.85. The predicted octanol–water partition coefficient (Wildman–Crippen LogP) is 1.25. The molecular formula is C14H16FN3O2S. The Hall–Kier alpha value is -1.83. The lowest BCUT2D eigenvalue weighted by Crippen LogP contribution is -2.29. The molecule has 1 atom stereocenters. The third-order valence-electron chi connectivity index (χ3n) is 2.86. The summed E-state index contributed by atoms with van der Waals surface area (Å²) >= 11 is 1.36. The molecule has 0 spiro atoms. The van der Waals surface area contributed by atoms with Crippen LogP contribution >= 0.6 is 11.3 Å². The molecule has 1 aromatic heterocycles. The number of aliphatic hydroxyl groups excluding tert-OH is 1. The number of benzene rings is 1. The van der Waals surface area contributed by atoms with Crippen LogP contribution < -0.4 is 11.1 Å². The fourth-order valence-corrected chi connectivity index (χ4v) is 2.58. The molecule has 0 aliphatic carbocycles. The van der Waals surface area contributed by atoms with Crippen molar-refractivity contribution >= 4 is 17.2 Å². The van der Waals surface area contributed by atoms with Crippen molar-refractivity contribution in [1.82, 2.24) is 10.3 Å². The molecule has 1 heterocycles. The molecule has 112 valence electrons. The molecule has 7 heteroatoms. The van der Waals surface area contributed by atoms with Crippen LogP contribution in [-0.2, 0) is 6.42 Å². The Morgan fingerprint density at radius 1 is 1.48 bits per heavy atom. The summed E-state index contributed by atoms with van der Waals surface area (Å²) in [4.78, 5) is 16.0. The highest BCUT2D eigenvalue weighted by molar-refractivity contribution is 7.09. The van der Waals surface area contributed by atoms with E-state index in [4.69, 9.17) is 5.73 Å². The number of aromatic nitrogens is 1. The van der Waals surface area contributed by atoms with E-state index in [1.165, 1.54) is 23.5 Å². The zero-order valence-electron chi connectivity index (χ0n) is 11.3. The fraction of sp³-hybridized carbons (Fsp3) is 0.286. The quantitative estimate of drug-likeness (QED) is 0.749. The first-order valence-electron chi connectivity index (χ1n) is 6.47. The van der Waals surface area contributed by atoms with E-state index in [-0.39, 0.29) is 17.8 Å². The smallest absolute Gasteiger partial charge is 0.270 e. The Labute approximate surface area is 125 Å². The van der Waals surface area contributed by atoms with Crippen molar-refractivity contribution in [2.45, 2.75) is 12.5 Å². The molecular weight excluding hydrogens is 293 g/mol. The van der Waals surface area contributed by atoms with E-state index in [1.807, 2.05) is 0 Å². The number of carbonyl (C=O) groups excluding carboxylic acids is 1. The number of rotatable bonds is 6. The first kappa shape index (κ1) is 15.6. The van der Waals surface area contributed by atoms with Gasteiger partial charge >= 0.3 is 0 Å². The molecule has 2 rings (SSSR count). The van der Waals surface area contributed by atoms with Crippen LogP contribution in [0.25, 0.3) is 0 Å². The highest BCUT2D eigenvalue weighted by Crippen LogP contribution is 2.16. The van der Waals surface area contributed by atoms with Crippen LogP contribution in [0.3, 0.4) is 0 Å². The Bertz CT molecular complexity index is 618. The number of aliphatic hydroxyl groups is 1. The first-order valence-corrected chi connectivity index (χ1v) is 7.35. The van der Waals surface area contributed by atoms with Crippen molar-refractivity contribution in [2.75, 3.05) is 13.1 Å². The van der Waals surface area contributed by atoms with E-state index in [1.54, 1.807) is 17.5 Å². The summed E-state index contributed by atoms with van der Waals surface area (Å²) in [5.74, 6) is -0.900. The average molecular weight is 309 g/mol. The SMILES string of the molecule is NCCc1nc(C(=O)NCC(O)c2ccccc2F)cs1. The number of nitrogens with zero attached hydrogens (tertiary/aromatic N) is 1. The van der Waals surface area contributed by atoms with Crippen LogP contribution in [0.4, 0.5) is 4.39 Å². The lowest BCUT2D eigenvalue weighted by molar-refractivity contribution is 0.0909. The van der Waals surface area contributed by atoms with Gasteiger partial charge in [0.05, 0.1) is 11.1 Å². The molecule has 0 aliphatic rings. The number of nitrogens with two attached hydrogens (primary N) is 1. The fourth-order valence-electron chi connectivity index (χ4n) is 1.79. The van der Waals surface area contributed by atoms with E-state index in [2.05, 4.69) is 10.3 Å². The van der Waals surface area contributed by atoms with Gasteiger partial charge in [-0.1, -0.05) is 18.2 Å². The van der Waals surface area contributed by atoms with Gasteiger partial charge in [-0.15, -0.1) is 11.3 Å². The summed E-state index contributed by atoms with van der Waals surface area (Å²) in [6.07, 6.45) is -0.479. The largest absolute Gasteiger partial charge is 0.386 e. The van der Waals surface area contributed by atoms with Crippen LogP contribution in [0.15, 0.2) is 29.6 Å². The third-order valence-corrected chi connectivity index (χ3v) is 3.77. The molecule has 5 nitrogen and oxygen atoms in total.